The zero-order valence-corrected chi connectivity index (χ0v) is 9.73. The number of aryl methyl sites for hydroxylation is 1. The van der Waals surface area contributed by atoms with Crippen molar-refractivity contribution in [3.05, 3.63) is 29.8 Å². The minimum atomic E-state index is 0.269. The molecular formula is C12H20N2O. The van der Waals surface area contributed by atoms with Crippen molar-refractivity contribution in [2.24, 2.45) is 5.73 Å². The van der Waals surface area contributed by atoms with E-state index in [-0.39, 0.29) is 6.04 Å². The molecule has 15 heavy (non-hydrogen) atoms. The first kappa shape index (κ1) is 12.0. The molecule has 0 fully saturated rings. The van der Waals surface area contributed by atoms with Gasteiger partial charge in [0, 0.05) is 6.54 Å². The van der Waals surface area contributed by atoms with Gasteiger partial charge in [0.25, 0.3) is 0 Å². The van der Waals surface area contributed by atoms with Crippen molar-refractivity contribution in [1.29, 1.82) is 0 Å². The van der Waals surface area contributed by atoms with Gasteiger partial charge in [-0.3, -0.25) is 0 Å². The Morgan fingerprint density at radius 1 is 1.40 bits per heavy atom. The Bertz CT molecular complexity index is 299. The number of hydrogen-bond acceptors (Lipinski definition) is 3. The molecule has 0 aliphatic rings. The normalized spacial score (nSPS) is 12.9. The van der Waals surface area contributed by atoms with Gasteiger partial charge in [-0.1, -0.05) is 12.1 Å². The summed E-state index contributed by atoms with van der Waals surface area (Å²) in [5.74, 6) is 0.912. The molecule has 2 N–H and O–H groups in total. The summed E-state index contributed by atoms with van der Waals surface area (Å²) in [6.45, 7) is 3.30. The van der Waals surface area contributed by atoms with Crippen LogP contribution in [0.15, 0.2) is 24.3 Å². The molecule has 0 aliphatic carbocycles. The van der Waals surface area contributed by atoms with Crippen LogP contribution in [0.3, 0.4) is 0 Å². The number of nitrogens with two attached hydrogens (primary N) is 1. The SMILES string of the molecule is Cc1cccc(OCC(CN)N(C)C)c1. The second-order valence-corrected chi connectivity index (χ2v) is 3.98. The molecule has 3 nitrogen and oxygen atoms in total. The molecule has 0 amide bonds. The van der Waals surface area contributed by atoms with Crippen LogP contribution in [0.25, 0.3) is 0 Å². The summed E-state index contributed by atoms with van der Waals surface area (Å²) < 4.78 is 5.68. The van der Waals surface area contributed by atoms with Gasteiger partial charge in [0.1, 0.15) is 12.4 Å². The average molecular weight is 208 g/mol. The van der Waals surface area contributed by atoms with Crippen molar-refractivity contribution in [3.8, 4) is 5.75 Å². The molecule has 0 spiro atoms. The van der Waals surface area contributed by atoms with Gasteiger partial charge < -0.3 is 15.4 Å². The minimum Gasteiger partial charge on any atom is -0.492 e. The predicted molar refractivity (Wildman–Crippen MR) is 63.2 cm³/mol. The van der Waals surface area contributed by atoms with Crippen LogP contribution in [-0.2, 0) is 0 Å². The molecule has 1 aromatic rings. The van der Waals surface area contributed by atoms with E-state index >= 15 is 0 Å². The molecule has 1 unspecified atom stereocenters. The van der Waals surface area contributed by atoms with E-state index in [0.29, 0.717) is 13.2 Å². The minimum absolute atomic E-state index is 0.269. The maximum Gasteiger partial charge on any atom is 0.119 e. The molecule has 0 saturated heterocycles. The third kappa shape index (κ3) is 3.90. The fourth-order valence-electron chi connectivity index (χ4n) is 1.33. The van der Waals surface area contributed by atoms with Crippen molar-refractivity contribution in [3.63, 3.8) is 0 Å². The summed E-state index contributed by atoms with van der Waals surface area (Å²) in [6, 6.07) is 8.32. The largest absolute Gasteiger partial charge is 0.492 e. The smallest absolute Gasteiger partial charge is 0.119 e. The number of benzene rings is 1. The molecule has 84 valence electrons. The Morgan fingerprint density at radius 3 is 2.67 bits per heavy atom. The number of ether oxygens (including phenoxy) is 1. The summed E-state index contributed by atoms with van der Waals surface area (Å²) in [4.78, 5) is 2.08. The zero-order chi connectivity index (χ0) is 11.3. The van der Waals surface area contributed by atoms with Crippen LogP contribution in [0.1, 0.15) is 5.56 Å². The molecule has 0 bridgehead atoms. The molecule has 0 saturated carbocycles. The van der Waals surface area contributed by atoms with Gasteiger partial charge in [-0.15, -0.1) is 0 Å². The average Bonchev–Trinajstić information content (AvgIpc) is 2.18. The number of rotatable bonds is 5. The third-order valence-electron chi connectivity index (χ3n) is 2.43. The quantitative estimate of drug-likeness (QED) is 0.791. The Kier molecular flexibility index (Phi) is 4.59. The maximum atomic E-state index is 5.68. The van der Waals surface area contributed by atoms with E-state index in [9.17, 15) is 0 Å². The fraction of sp³-hybridized carbons (Fsp3) is 0.500. The van der Waals surface area contributed by atoms with Crippen LogP contribution < -0.4 is 10.5 Å². The highest BCUT2D eigenvalue weighted by molar-refractivity contribution is 5.27. The summed E-state index contributed by atoms with van der Waals surface area (Å²) in [6.07, 6.45) is 0. The van der Waals surface area contributed by atoms with Crippen LogP contribution >= 0.6 is 0 Å². The van der Waals surface area contributed by atoms with Gasteiger partial charge in [0.05, 0.1) is 6.04 Å². The van der Waals surface area contributed by atoms with E-state index < -0.39 is 0 Å². The topological polar surface area (TPSA) is 38.5 Å². The number of hydrogen-bond donors (Lipinski definition) is 1. The standard InChI is InChI=1S/C12H20N2O/c1-10-5-4-6-12(7-10)15-9-11(8-13)14(2)3/h4-7,11H,8-9,13H2,1-3H3. The monoisotopic (exact) mass is 208 g/mol. The molecule has 1 rings (SSSR count). The van der Waals surface area contributed by atoms with Crippen molar-refractivity contribution in [2.75, 3.05) is 27.2 Å². The summed E-state index contributed by atoms with van der Waals surface area (Å²) in [7, 11) is 4.02. The van der Waals surface area contributed by atoms with Crippen LogP contribution in [0.4, 0.5) is 0 Å². The molecule has 3 heteroatoms. The van der Waals surface area contributed by atoms with E-state index in [1.807, 2.05) is 32.3 Å². The number of likely N-dealkylation sites (N-methyl/N-ethyl adjacent to an activating group) is 1. The first-order chi connectivity index (χ1) is 7.13. The van der Waals surface area contributed by atoms with Gasteiger partial charge >= 0.3 is 0 Å². The first-order valence-electron chi connectivity index (χ1n) is 5.19. The highest BCUT2D eigenvalue weighted by Crippen LogP contribution is 2.12. The Labute approximate surface area is 91.8 Å². The van der Waals surface area contributed by atoms with E-state index in [4.69, 9.17) is 10.5 Å². The molecule has 0 aliphatic heterocycles. The first-order valence-corrected chi connectivity index (χ1v) is 5.19. The highest BCUT2D eigenvalue weighted by Gasteiger charge is 2.09. The fourth-order valence-corrected chi connectivity index (χ4v) is 1.33. The van der Waals surface area contributed by atoms with Crippen molar-refractivity contribution in [1.82, 2.24) is 4.90 Å². The van der Waals surface area contributed by atoms with Crippen LogP contribution in [0, 0.1) is 6.92 Å². The molecular weight excluding hydrogens is 188 g/mol. The zero-order valence-electron chi connectivity index (χ0n) is 9.73. The van der Waals surface area contributed by atoms with E-state index in [1.165, 1.54) is 5.56 Å². The number of nitrogens with zero attached hydrogens (tertiary/aromatic N) is 1. The van der Waals surface area contributed by atoms with E-state index in [2.05, 4.69) is 17.9 Å². The lowest BCUT2D eigenvalue weighted by Gasteiger charge is -2.22. The van der Waals surface area contributed by atoms with Gasteiger partial charge in [-0.05, 0) is 38.7 Å². The van der Waals surface area contributed by atoms with E-state index in [1.54, 1.807) is 0 Å². The van der Waals surface area contributed by atoms with Gasteiger partial charge in [-0.25, -0.2) is 0 Å². The van der Waals surface area contributed by atoms with Crippen LogP contribution in [0.2, 0.25) is 0 Å². The van der Waals surface area contributed by atoms with E-state index in [0.717, 1.165) is 5.75 Å². The second-order valence-electron chi connectivity index (χ2n) is 3.98. The maximum absolute atomic E-state index is 5.68. The van der Waals surface area contributed by atoms with Crippen LogP contribution in [-0.4, -0.2) is 38.2 Å². The molecule has 1 atom stereocenters. The Hall–Kier alpha value is -1.06. The summed E-state index contributed by atoms with van der Waals surface area (Å²) in [5.41, 5.74) is 6.86. The molecule has 0 heterocycles. The predicted octanol–water partition coefficient (Wildman–Crippen LogP) is 1.26. The van der Waals surface area contributed by atoms with Crippen molar-refractivity contribution >= 4 is 0 Å². The third-order valence-corrected chi connectivity index (χ3v) is 2.43. The molecule has 0 aromatic heterocycles. The molecule has 0 radical (unpaired) electrons. The van der Waals surface area contributed by atoms with Gasteiger partial charge in [0.2, 0.25) is 0 Å². The van der Waals surface area contributed by atoms with Crippen molar-refractivity contribution < 1.29 is 4.74 Å². The Morgan fingerprint density at radius 2 is 2.13 bits per heavy atom. The Balaban J connectivity index is 2.49. The highest BCUT2D eigenvalue weighted by atomic mass is 16.5. The van der Waals surface area contributed by atoms with Gasteiger partial charge in [0.15, 0.2) is 0 Å². The summed E-state index contributed by atoms with van der Waals surface area (Å²) in [5, 5.41) is 0. The second kappa shape index (κ2) is 5.73. The van der Waals surface area contributed by atoms with Crippen molar-refractivity contribution in [2.45, 2.75) is 13.0 Å². The lowest BCUT2D eigenvalue weighted by molar-refractivity contribution is 0.190. The lowest BCUT2D eigenvalue weighted by atomic mass is 10.2. The van der Waals surface area contributed by atoms with Gasteiger partial charge in [-0.2, -0.15) is 0 Å². The lowest BCUT2D eigenvalue weighted by Crippen LogP contribution is -2.39. The summed E-state index contributed by atoms with van der Waals surface area (Å²) >= 11 is 0. The molecule has 1 aromatic carbocycles. The van der Waals surface area contributed by atoms with Crippen LogP contribution in [0.5, 0.6) is 5.75 Å².